The maximum absolute atomic E-state index is 13.4. The second-order valence-electron chi connectivity index (χ2n) is 2.91. The largest absolute Gasteiger partial charge is 0.393 e. The maximum Gasteiger partial charge on any atom is 0.161 e. The van der Waals surface area contributed by atoms with E-state index in [1.54, 1.807) is 0 Å². The summed E-state index contributed by atoms with van der Waals surface area (Å²) in [6, 6.07) is 0. The third-order valence-corrected chi connectivity index (χ3v) is 2.19. The van der Waals surface area contributed by atoms with E-state index in [9.17, 15) is 4.39 Å². The number of aliphatic hydroxyl groups is 2. The molecule has 1 rings (SSSR count). The third-order valence-electron chi connectivity index (χ3n) is 2.19. The minimum absolute atomic E-state index is 0.303. The Morgan fingerprint density at radius 2 is 2.09 bits per heavy atom. The van der Waals surface area contributed by atoms with Gasteiger partial charge in [0, 0.05) is 12.5 Å². The second kappa shape index (κ2) is 3.47. The van der Waals surface area contributed by atoms with Crippen LogP contribution in [-0.4, -0.2) is 42.3 Å². The first-order valence-corrected chi connectivity index (χ1v) is 3.71. The molecule has 1 atom stereocenters. The Morgan fingerprint density at radius 1 is 1.45 bits per heavy atom. The Bertz CT molecular complexity index is 119. The van der Waals surface area contributed by atoms with Crippen LogP contribution in [0.4, 0.5) is 4.39 Å². The normalized spacial score (nSPS) is 25.9. The SMILES string of the molecule is OCC(F)(CO)[C@H]1CCOC1. The Morgan fingerprint density at radius 3 is 2.45 bits per heavy atom. The number of alkyl halides is 1. The molecule has 1 heterocycles. The monoisotopic (exact) mass is 164 g/mol. The summed E-state index contributed by atoms with van der Waals surface area (Å²) in [5, 5.41) is 17.3. The van der Waals surface area contributed by atoms with E-state index in [0.717, 1.165) is 0 Å². The van der Waals surface area contributed by atoms with Crippen molar-refractivity contribution < 1.29 is 19.3 Å². The summed E-state index contributed by atoms with van der Waals surface area (Å²) in [7, 11) is 0. The van der Waals surface area contributed by atoms with Crippen molar-refractivity contribution in [1.29, 1.82) is 0 Å². The van der Waals surface area contributed by atoms with E-state index in [1.165, 1.54) is 0 Å². The average Bonchev–Trinajstić information content (AvgIpc) is 2.55. The van der Waals surface area contributed by atoms with Crippen LogP contribution in [0.3, 0.4) is 0 Å². The molecule has 3 nitrogen and oxygen atoms in total. The first kappa shape index (κ1) is 8.90. The number of ether oxygens (including phenoxy) is 1. The van der Waals surface area contributed by atoms with Crippen molar-refractivity contribution >= 4 is 0 Å². The maximum atomic E-state index is 13.4. The van der Waals surface area contributed by atoms with Crippen LogP contribution >= 0.6 is 0 Å². The van der Waals surface area contributed by atoms with Crippen molar-refractivity contribution in [3.8, 4) is 0 Å². The lowest BCUT2D eigenvalue weighted by Crippen LogP contribution is -2.41. The molecule has 0 aromatic heterocycles. The van der Waals surface area contributed by atoms with Crippen molar-refractivity contribution in [3.05, 3.63) is 0 Å². The van der Waals surface area contributed by atoms with Crippen LogP contribution in [0.15, 0.2) is 0 Å². The van der Waals surface area contributed by atoms with Gasteiger partial charge in [-0.2, -0.15) is 0 Å². The van der Waals surface area contributed by atoms with E-state index in [0.29, 0.717) is 19.6 Å². The summed E-state index contributed by atoms with van der Waals surface area (Å²) in [5.41, 5.74) is -1.85. The van der Waals surface area contributed by atoms with Gasteiger partial charge in [0.1, 0.15) is 0 Å². The Hall–Kier alpha value is -0.190. The fourth-order valence-electron chi connectivity index (χ4n) is 1.25. The van der Waals surface area contributed by atoms with Gasteiger partial charge in [-0.25, -0.2) is 4.39 Å². The first-order valence-electron chi connectivity index (χ1n) is 3.71. The summed E-state index contributed by atoms with van der Waals surface area (Å²) >= 11 is 0. The Balaban J connectivity index is 2.52. The van der Waals surface area contributed by atoms with Gasteiger partial charge in [-0.05, 0) is 6.42 Å². The van der Waals surface area contributed by atoms with Crippen LogP contribution in [0.5, 0.6) is 0 Å². The third kappa shape index (κ3) is 1.69. The van der Waals surface area contributed by atoms with E-state index in [4.69, 9.17) is 14.9 Å². The molecule has 1 aliphatic rings. The summed E-state index contributed by atoms with van der Waals surface area (Å²) in [6.45, 7) is -0.428. The minimum Gasteiger partial charge on any atom is -0.393 e. The van der Waals surface area contributed by atoms with Gasteiger partial charge in [0.25, 0.3) is 0 Å². The van der Waals surface area contributed by atoms with Gasteiger partial charge in [0.05, 0.1) is 19.8 Å². The molecule has 0 saturated carbocycles. The van der Waals surface area contributed by atoms with Crippen molar-refractivity contribution in [3.63, 3.8) is 0 Å². The lowest BCUT2D eigenvalue weighted by molar-refractivity contribution is -0.0317. The molecule has 0 unspecified atom stereocenters. The van der Waals surface area contributed by atoms with Crippen molar-refractivity contribution in [2.24, 2.45) is 5.92 Å². The van der Waals surface area contributed by atoms with Crippen LogP contribution in [0.1, 0.15) is 6.42 Å². The van der Waals surface area contributed by atoms with Gasteiger partial charge in [-0.1, -0.05) is 0 Å². The van der Waals surface area contributed by atoms with Crippen LogP contribution in [-0.2, 0) is 4.74 Å². The number of rotatable bonds is 3. The number of halogens is 1. The second-order valence-corrected chi connectivity index (χ2v) is 2.91. The molecule has 11 heavy (non-hydrogen) atoms. The predicted molar refractivity (Wildman–Crippen MR) is 36.9 cm³/mol. The van der Waals surface area contributed by atoms with Gasteiger partial charge in [0.2, 0.25) is 0 Å². The molecule has 0 bridgehead atoms. The highest BCUT2D eigenvalue weighted by molar-refractivity contribution is 4.87. The van der Waals surface area contributed by atoms with Crippen LogP contribution < -0.4 is 0 Å². The van der Waals surface area contributed by atoms with Crippen LogP contribution in [0, 0.1) is 5.92 Å². The van der Waals surface area contributed by atoms with Gasteiger partial charge in [0.15, 0.2) is 5.67 Å². The molecule has 0 aliphatic carbocycles. The molecule has 1 aliphatic heterocycles. The molecule has 1 fully saturated rings. The van der Waals surface area contributed by atoms with Crippen molar-refractivity contribution in [1.82, 2.24) is 0 Å². The molecule has 0 aromatic carbocycles. The molecule has 1 saturated heterocycles. The smallest absolute Gasteiger partial charge is 0.161 e. The zero-order valence-electron chi connectivity index (χ0n) is 6.29. The number of hydrogen-bond acceptors (Lipinski definition) is 3. The quantitative estimate of drug-likeness (QED) is 0.603. The molecule has 4 heteroatoms. The highest BCUT2D eigenvalue weighted by atomic mass is 19.1. The van der Waals surface area contributed by atoms with E-state index in [1.807, 2.05) is 0 Å². The lowest BCUT2D eigenvalue weighted by atomic mass is 9.90. The molecule has 0 amide bonds. The average molecular weight is 164 g/mol. The van der Waals surface area contributed by atoms with Crippen molar-refractivity contribution in [2.45, 2.75) is 12.1 Å². The van der Waals surface area contributed by atoms with Crippen molar-refractivity contribution in [2.75, 3.05) is 26.4 Å². The topological polar surface area (TPSA) is 49.7 Å². The van der Waals surface area contributed by atoms with E-state index >= 15 is 0 Å². The Kier molecular flexibility index (Phi) is 2.81. The van der Waals surface area contributed by atoms with Gasteiger partial charge in [-0.15, -0.1) is 0 Å². The number of hydrogen-bond donors (Lipinski definition) is 2. The van der Waals surface area contributed by atoms with E-state index in [-0.39, 0.29) is 5.92 Å². The summed E-state index contributed by atoms with van der Waals surface area (Å²) < 4.78 is 18.3. The highest BCUT2D eigenvalue weighted by Gasteiger charge is 2.40. The zero-order valence-corrected chi connectivity index (χ0v) is 6.29. The van der Waals surface area contributed by atoms with E-state index < -0.39 is 18.9 Å². The molecular formula is C7H13FO3. The highest BCUT2D eigenvalue weighted by Crippen LogP contribution is 2.28. The lowest BCUT2D eigenvalue weighted by Gasteiger charge is -2.25. The number of aliphatic hydroxyl groups excluding tert-OH is 2. The van der Waals surface area contributed by atoms with Crippen LogP contribution in [0.25, 0.3) is 0 Å². The molecule has 66 valence electrons. The summed E-state index contributed by atoms with van der Waals surface area (Å²) in [4.78, 5) is 0. The van der Waals surface area contributed by atoms with Gasteiger partial charge >= 0.3 is 0 Å². The predicted octanol–water partition coefficient (Wildman–Crippen LogP) is -0.284. The first-order chi connectivity index (χ1) is 5.23. The molecular weight excluding hydrogens is 151 g/mol. The fourth-order valence-corrected chi connectivity index (χ4v) is 1.25. The zero-order chi connectivity index (χ0) is 8.32. The Labute approximate surface area is 64.8 Å². The fraction of sp³-hybridized carbons (Fsp3) is 1.00. The molecule has 2 N–H and O–H groups in total. The molecule has 0 spiro atoms. The molecule has 0 radical (unpaired) electrons. The van der Waals surface area contributed by atoms with Gasteiger partial charge < -0.3 is 14.9 Å². The summed E-state index contributed by atoms with van der Waals surface area (Å²) in [6.07, 6.45) is 0.581. The minimum atomic E-state index is -1.85. The summed E-state index contributed by atoms with van der Waals surface area (Å²) in [5.74, 6) is -0.350. The van der Waals surface area contributed by atoms with Crippen LogP contribution in [0.2, 0.25) is 0 Å². The van der Waals surface area contributed by atoms with E-state index in [2.05, 4.69) is 0 Å². The van der Waals surface area contributed by atoms with Gasteiger partial charge in [-0.3, -0.25) is 0 Å². The molecule has 0 aromatic rings. The standard InChI is InChI=1S/C7H13FO3/c8-7(4-9,5-10)6-1-2-11-3-6/h6,9-10H,1-5H2/t6-/m0/s1.